The molecule has 1 aromatic heterocycles. The van der Waals surface area contributed by atoms with E-state index in [4.69, 9.17) is 5.26 Å². The molecule has 1 aromatic carbocycles. The van der Waals surface area contributed by atoms with Crippen molar-refractivity contribution in [1.82, 2.24) is 9.80 Å². The van der Waals surface area contributed by atoms with Gasteiger partial charge in [-0.25, -0.2) is 0 Å². The van der Waals surface area contributed by atoms with E-state index in [9.17, 15) is 9.59 Å². The quantitative estimate of drug-likeness (QED) is 0.799. The van der Waals surface area contributed by atoms with Crippen LogP contribution in [0.1, 0.15) is 20.8 Å². The van der Waals surface area contributed by atoms with E-state index in [1.807, 2.05) is 17.5 Å². The first-order valence-corrected chi connectivity index (χ1v) is 8.85. The van der Waals surface area contributed by atoms with Gasteiger partial charge in [-0.15, -0.1) is 11.3 Å². The molecule has 0 bridgehead atoms. The number of hydrogen-bond donors (Lipinski definition) is 0. The largest absolute Gasteiger partial charge is 0.336 e. The predicted octanol–water partition coefficient (Wildman–Crippen LogP) is 2.62. The lowest BCUT2D eigenvalue weighted by Crippen LogP contribution is -2.50. The Kier molecular flexibility index (Phi) is 5.26. The minimum absolute atomic E-state index is 0.0372. The number of nitrogens with zero attached hydrogens (tertiary/aromatic N) is 3. The summed E-state index contributed by atoms with van der Waals surface area (Å²) in [5.74, 6) is -0.0252. The average molecular weight is 351 g/mol. The molecule has 0 unspecified atom stereocenters. The lowest BCUT2D eigenvalue weighted by molar-refractivity contribution is -0.127. The molecule has 1 aliphatic rings. The highest BCUT2D eigenvalue weighted by Crippen LogP contribution is 2.14. The standard InChI is InChI=1S/C19H17N3O2S/c20-14-16-5-3-15(4-6-16)7-8-18(23)21-9-11-22(12-10-21)19(24)17-2-1-13-25-17/h1-8,13H,9-12H2/b8-7+. The van der Waals surface area contributed by atoms with Crippen LogP contribution in [-0.2, 0) is 4.79 Å². The first kappa shape index (κ1) is 16.9. The van der Waals surface area contributed by atoms with Crippen LogP contribution in [0.25, 0.3) is 6.08 Å². The van der Waals surface area contributed by atoms with Crippen molar-refractivity contribution in [1.29, 1.82) is 5.26 Å². The fourth-order valence-electron chi connectivity index (χ4n) is 2.63. The van der Waals surface area contributed by atoms with Crippen LogP contribution in [0, 0.1) is 11.3 Å². The van der Waals surface area contributed by atoms with E-state index < -0.39 is 0 Å². The molecule has 0 atom stereocenters. The zero-order chi connectivity index (χ0) is 17.6. The van der Waals surface area contributed by atoms with Crippen molar-refractivity contribution in [2.45, 2.75) is 0 Å². The number of amides is 2. The number of benzene rings is 1. The SMILES string of the molecule is N#Cc1ccc(/C=C/C(=O)N2CCN(C(=O)c3cccs3)CC2)cc1. The Morgan fingerprint density at radius 3 is 2.32 bits per heavy atom. The summed E-state index contributed by atoms with van der Waals surface area (Å²) in [6, 6.07) is 12.8. The maximum absolute atomic E-state index is 12.3. The number of carbonyl (C=O) groups excluding carboxylic acids is 2. The minimum atomic E-state index is -0.0624. The summed E-state index contributed by atoms with van der Waals surface area (Å²) in [7, 11) is 0. The molecule has 5 nitrogen and oxygen atoms in total. The summed E-state index contributed by atoms with van der Waals surface area (Å²) in [5.41, 5.74) is 1.47. The number of piperazine rings is 1. The van der Waals surface area contributed by atoms with Gasteiger partial charge in [0.1, 0.15) is 0 Å². The van der Waals surface area contributed by atoms with Gasteiger partial charge < -0.3 is 9.80 Å². The summed E-state index contributed by atoms with van der Waals surface area (Å²) >= 11 is 1.44. The van der Waals surface area contributed by atoms with E-state index in [-0.39, 0.29) is 11.8 Å². The molecular weight excluding hydrogens is 334 g/mol. The Labute approximate surface area is 150 Å². The molecule has 2 amide bonds. The van der Waals surface area contributed by atoms with Gasteiger partial charge >= 0.3 is 0 Å². The second kappa shape index (κ2) is 7.77. The van der Waals surface area contributed by atoms with Crippen molar-refractivity contribution in [2.24, 2.45) is 0 Å². The Morgan fingerprint density at radius 1 is 1.04 bits per heavy atom. The molecule has 126 valence electrons. The van der Waals surface area contributed by atoms with Gasteiger partial charge in [-0.1, -0.05) is 18.2 Å². The summed E-state index contributed by atoms with van der Waals surface area (Å²) in [6.07, 6.45) is 3.28. The summed E-state index contributed by atoms with van der Waals surface area (Å²) in [5, 5.41) is 10.7. The average Bonchev–Trinajstić information content (AvgIpc) is 3.21. The van der Waals surface area contributed by atoms with Crippen LogP contribution >= 0.6 is 11.3 Å². The van der Waals surface area contributed by atoms with Crippen LogP contribution in [0.5, 0.6) is 0 Å². The first-order valence-electron chi connectivity index (χ1n) is 7.97. The summed E-state index contributed by atoms with van der Waals surface area (Å²) < 4.78 is 0. The molecule has 1 fully saturated rings. The molecule has 0 saturated carbocycles. The number of thiophene rings is 1. The van der Waals surface area contributed by atoms with Crippen LogP contribution in [0.4, 0.5) is 0 Å². The molecule has 2 aromatic rings. The van der Waals surface area contributed by atoms with E-state index in [0.717, 1.165) is 10.4 Å². The highest BCUT2D eigenvalue weighted by molar-refractivity contribution is 7.12. The van der Waals surface area contributed by atoms with Crippen molar-refractivity contribution in [3.63, 3.8) is 0 Å². The van der Waals surface area contributed by atoms with Gasteiger partial charge in [0.15, 0.2) is 0 Å². The molecule has 0 spiro atoms. The lowest BCUT2D eigenvalue weighted by Gasteiger charge is -2.34. The highest BCUT2D eigenvalue weighted by Gasteiger charge is 2.24. The van der Waals surface area contributed by atoms with Gasteiger partial charge in [-0.05, 0) is 35.2 Å². The number of carbonyl (C=O) groups is 2. The molecule has 0 radical (unpaired) electrons. The normalized spacial score (nSPS) is 14.5. The van der Waals surface area contributed by atoms with Crippen LogP contribution in [0.3, 0.4) is 0 Å². The van der Waals surface area contributed by atoms with Crippen LogP contribution in [0.15, 0.2) is 47.9 Å². The smallest absolute Gasteiger partial charge is 0.264 e. The van der Waals surface area contributed by atoms with E-state index in [0.29, 0.717) is 31.7 Å². The molecule has 25 heavy (non-hydrogen) atoms. The minimum Gasteiger partial charge on any atom is -0.336 e. The monoisotopic (exact) mass is 351 g/mol. The van der Waals surface area contributed by atoms with Gasteiger partial charge in [-0.2, -0.15) is 5.26 Å². The molecule has 6 heteroatoms. The molecular formula is C19H17N3O2S. The fraction of sp³-hybridized carbons (Fsp3) is 0.211. The first-order chi connectivity index (χ1) is 12.2. The van der Waals surface area contributed by atoms with Crippen molar-refractivity contribution < 1.29 is 9.59 Å². The lowest BCUT2D eigenvalue weighted by atomic mass is 10.1. The molecule has 1 saturated heterocycles. The Balaban J connectivity index is 1.53. The zero-order valence-corrected chi connectivity index (χ0v) is 14.4. The maximum atomic E-state index is 12.3. The molecule has 3 rings (SSSR count). The Hall–Kier alpha value is -2.91. The van der Waals surface area contributed by atoms with E-state index in [1.54, 1.807) is 40.1 Å². The number of hydrogen-bond acceptors (Lipinski definition) is 4. The van der Waals surface area contributed by atoms with Crippen LogP contribution < -0.4 is 0 Å². The van der Waals surface area contributed by atoms with Crippen molar-refractivity contribution in [3.05, 3.63) is 63.9 Å². The summed E-state index contributed by atoms with van der Waals surface area (Å²) in [6.45, 7) is 2.17. The van der Waals surface area contributed by atoms with Gasteiger partial charge in [0.05, 0.1) is 16.5 Å². The number of rotatable bonds is 3. The highest BCUT2D eigenvalue weighted by atomic mass is 32.1. The molecule has 0 aliphatic carbocycles. The molecule has 0 N–H and O–H groups in total. The van der Waals surface area contributed by atoms with Gasteiger partial charge in [0.2, 0.25) is 5.91 Å². The number of nitriles is 1. The van der Waals surface area contributed by atoms with Gasteiger partial charge in [0, 0.05) is 32.3 Å². The van der Waals surface area contributed by atoms with Crippen molar-refractivity contribution in [3.8, 4) is 6.07 Å². The Bertz CT molecular complexity index is 811. The topological polar surface area (TPSA) is 64.4 Å². The third kappa shape index (κ3) is 4.14. The van der Waals surface area contributed by atoms with Crippen molar-refractivity contribution >= 4 is 29.2 Å². The zero-order valence-electron chi connectivity index (χ0n) is 13.6. The summed E-state index contributed by atoms with van der Waals surface area (Å²) in [4.78, 5) is 28.9. The predicted molar refractivity (Wildman–Crippen MR) is 97.0 cm³/mol. The van der Waals surface area contributed by atoms with Gasteiger partial charge in [0.25, 0.3) is 5.91 Å². The second-order valence-electron chi connectivity index (χ2n) is 5.66. The Morgan fingerprint density at radius 2 is 1.72 bits per heavy atom. The third-order valence-electron chi connectivity index (χ3n) is 4.07. The molecule has 2 heterocycles. The fourth-order valence-corrected chi connectivity index (χ4v) is 3.32. The third-order valence-corrected chi connectivity index (χ3v) is 4.93. The molecule has 1 aliphatic heterocycles. The maximum Gasteiger partial charge on any atom is 0.264 e. The van der Waals surface area contributed by atoms with E-state index >= 15 is 0 Å². The van der Waals surface area contributed by atoms with E-state index in [2.05, 4.69) is 6.07 Å². The second-order valence-corrected chi connectivity index (χ2v) is 6.61. The van der Waals surface area contributed by atoms with Crippen molar-refractivity contribution in [2.75, 3.05) is 26.2 Å². The van der Waals surface area contributed by atoms with Gasteiger partial charge in [-0.3, -0.25) is 9.59 Å². The van der Waals surface area contributed by atoms with Crippen LogP contribution in [-0.4, -0.2) is 47.8 Å². The van der Waals surface area contributed by atoms with E-state index in [1.165, 1.54) is 17.4 Å². The van der Waals surface area contributed by atoms with Crippen LogP contribution in [0.2, 0.25) is 0 Å².